The molecular formula is C28H39FN4O3. The molecule has 0 spiro atoms. The number of likely N-dealkylation sites (tertiary alicyclic amines) is 2. The molecule has 2 aliphatic heterocycles. The van der Waals surface area contributed by atoms with Gasteiger partial charge in [-0.1, -0.05) is 32.1 Å². The van der Waals surface area contributed by atoms with Gasteiger partial charge in [0.25, 0.3) is 0 Å². The summed E-state index contributed by atoms with van der Waals surface area (Å²) in [6, 6.07) is 7.92. The molecule has 1 aromatic rings. The van der Waals surface area contributed by atoms with Crippen LogP contribution in [0.2, 0.25) is 0 Å². The second-order valence-electron chi connectivity index (χ2n) is 10.6. The van der Waals surface area contributed by atoms with Crippen LogP contribution >= 0.6 is 0 Å². The number of benzene rings is 1. The van der Waals surface area contributed by atoms with Gasteiger partial charge in [0.1, 0.15) is 17.8 Å². The van der Waals surface area contributed by atoms with Gasteiger partial charge in [-0.15, -0.1) is 0 Å². The third-order valence-corrected chi connectivity index (χ3v) is 7.61. The van der Waals surface area contributed by atoms with Crippen molar-refractivity contribution in [1.82, 2.24) is 9.80 Å². The van der Waals surface area contributed by atoms with E-state index in [2.05, 4.69) is 23.2 Å². The number of nitrogens with two attached hydrogens (primary N) is 1. The third-order valence-electron chi connectivity index (χ3n) is 7.61. The van der Waals surface area contributed by atoms with E-state index in [4.69, 9.17) is 10.5 Å². The van der Waals surface area contributed by atoms with Gasteiger partial charge in [0.2, 0.25) is 5.91 Å². The number of rotatable bonds is 6. The summed E-state index contributed by atoms with van der Waals surface area (Å²) in [5.41, 5.74) is 8.24. The van der Waals surface area contributed by atoms with Crippen molar-refractivity contribution in [3.8, 4) is 5.75 Å². The van der Waals surface area contributed by atoms with Crippen molar-refractivity contribution in [2.75, 3.05) is 32.8 Å². The number of halogens is 1. The Morgan fingerprint density at radius 3 is 2.36 bits per heavy atom. The monoisotopic (exact) mass is 498 g/mol. The maximum Gasteiger partial charge on any atom is 0.345 e. The second kappa shape index (κ2) is 11.9. The first-order valence-electron chi connectivity index (χ1n) is 13.3. The van der Waals surface area contributed by atoms with Crippen LogP contribution in [0, 0.1) is 17.8 Å². The van der Waals surface area contributed by atoms with Gasteiger partial charge in [-0.25, -0.2) is 9.18 Å². The summed E-state index contributed by atoms with van der Waals surface area (Å²) in [5, 5.41) is 0. The molecule has 2 heterocycles. The number of amides is 3. The van der Waals surface area contributed by atoms with E-state index in [-0.39, 0.29) is 30.3 Å². The van der Waals surface area contributed by atoms with Crippen molar-refractivity contribution in [1.29, 1.82) is 0 Å². The summed E-state index contributed by atoms with van der Waals surface area (Å²) in [7, 11) is 0. The summed E-state index contributed by atoms with van der Waals surface area (Å²) in [6.45, 7) is 6.62. The molecule has 3 aliphatic rings. The van der Waals surface area contributed by atoms with Crippen LogP contribution in [0.1, 0.15) is 57.9 Å². The molecule has 0 saturated carbocycles. The van der Waals surface area contributed by atoms with Gasteiger partial charge in [0, 0.05) is 31.5 Å². The Hall–Kier alpha value is -2.90. The van der Waals surface area contributed by atoms with Gasteiger partial charge in [0.05, 0.1) is 13.2 Å². The summed E-state index contributed by atoms with van der Waals surface area (Å²) >= 11 is 0. The van der Waals surface area contributed by atoms with E-state index in [1.807, 2.05) is 26.0 Å². The molecule has 1 aromatic carbocycles. The Morgan fingerprint density at radius 1 is 1.08 bits per heavy atom. The number of hydrogen-bond acceptors (Lipinski definition) is 3. The first-order valence-corrected chi connectivity index (χ1v) is 13.3. The zero-order valence-electron chi connectivity index (χ0n) is 21.5. The highest BCUT2D eigenvalue weighted by Crippen LogP contribution is 2.33. The SMILES string of the molecule is CC(C)/C(N)=N/C(=O)N1CCC(COc2ccc(C3=CCC(C(=O)N4CC[C@@H](F)C4)CC3)cc2)CC1. The van der Waals surface area contributed by atoms with Crippen LogP contribution in [0.25, 0.3) is 5.57 Å². The molecule has 2 N–H and O–H groups in total. The third kappa shape index (κ3) is 6.65. The lowest BCUT2D eigenvalue weighted by molar-refractivity contribution is -0.134. The summed E-state index contributed by atoms with van der Waals surface area (Å²) in [5.74, 6) is 1.77. The van der Waals surface area contributed by atoms with Crippen molar-refractivity contribution in [3.05, 3.63) is 35.9 Å². The normalized spacial score (nSPS) is 23.7. The largest absolute Gasteiger partial charge is 0.493 e. The number of alkyl halides is 1. The molecule has 1 aliphatic carbocycles. The molecule has 8 heteroatoms. The van der Waals surface area contributed by atoms with Crippen LogP contribution in [0.15, 0.2) is 35.3 Å². The highest BCUT2D eigenvalue weighted by molar-refractivity contribution is 5.93. The number of amidine groups is 1. The van der Waals surface area contributed by atoms with Gasteiger partial charge >= 0.3 is 6.03 Å². The quantitative estimate of drug-likeness (QED) is 0.456. The molecule has 0 aromatic heterocycles. The van der Waals surface area contributed by atoms with Crippen molar-refractivity contribution in [3.63, 3.8) is 0 Å². The average Bonchev–Trinajstić information content (AvgIpc) is 3.34. The number of hydrogen-bond donors (Lipinski definition) is 1. The van der Waals surface area contributed by atoms with Crippen LogP contribution in [-0.2, 0) is 4.79 Å². The molecule has 3 amide bonds. The molecule has 7 nitrogen and oxygen atoms in total. The number of ether oxygens (including phenoxy) is 1. The maximum absolute atomic E-state index is 13.4. The van der Waals surface area contributed by atoms with Crippen molar-refractivity contribution in [2.45, 2.75) is 58.5 Å². The topological polar surface area (TPSA) is 88.2 Å². The number of nitrogens with zero attached hydrogens (tertiary/aromatic N) is 3. The number of carbonyl (C=O) groups is 2. The van der Waals surface area contributed by atoms with E-state index >= 15 is 0 Å². The standard InChI is InChI=1S/C28H39FN4O3/c1-19(2)26(30)31-28(35)32-14-11-20(12-15-32)18-36-25-9-7-22(8-10-25)21-3-5-23(6-4-21)27(34)33-16-13-24(29)17-33/h3,7-10,19-20,23-24H,4-6,11-18H2,1-2H3,(H2,30,31,35)/t23?,24-/m1/s1. The minimum atomic E-state index is -0.865. The number of allylic oxidation sites excluding steroid dienone is 2. The molecule has 196 valence electrons. The fraction of sp³-hybridized carbons (Fsp3) is 0.607. The Kier molecular flexibility index (Phi) is 8.64. The van der Waals surface area contributed by atoms with E-state index < -0.39 is 6.17 Å². The van der Waals surface area contributed by atoms with Gasteiger partial charge in [-0.2, -0.15) is 4.99 Å². The molecule has 2 fully saturated rings. The van der Waals surface area contributed by atoms with E-state index in [1.165, 1.54) is 5.57 Å². The van der Waals surface area contributed by atoms with Crippen LogP contribution in [0.3, 0.4) is 0 Å². The highest BCUT2D eigenvalue weighted by atomic mass is 19.1. The lowest BCUT2D eigenvalue weighted by Crippen LogP contribution is -2.39. The molecule has 2 atom stereocenters. The Labute approximate surface area is 213 Å². The smallest absolute Gasteiger partial charge is 0.345 e. The average molecular weight is 499 g/mol. The van der Waals surface area contributed by atoms with Crippen molar-refractivity contribution < 1.29 is 18.7 Å². The number of urea groups is 1. The number of carbonyl (C=O) groups excluding carboxylic acids is 2. The molecule has 4 rings (SSSR count). The Bertz CT molecular complexity index is 983. The molecule has 2 saturated heterocycles. The van der Waals surface area contributed by atoms with E-state index in [0.717, 1.165) is 43.4 Å². The number of piperidine rings is 1. The first-order chi connectivity index (χ1) is 17.3. The molecule has 1 unspecified atom stereocenters. The second-order valence-corrected chi connectivity index (χ2v) is 10.6. The van der Waals surface area contributed by atoms with E-state index in [1.54, 1.807) is 9.80 Å². The summed E-state index contributed by atoms with van der Waals surface area (Å²) < 4.78 is 19.5. The minimum Gasteiger partial charge on any atom is -0.493 e. The molecular weight excluding hydrogens is 459 g/mol. The van der Waals surface area contributed by atoms with Gasteiger partial charge in [-0.05, 0) is 67.7 Å². The van der Waals surface area contributed by atoms with E-state index in [0.29, 0.717) is 44.4 Å². The van der Waals surface area contributed by atoms with Gasteiger partial charge < -0.3 is 20.3 Å². The predicted octanol–water partition coefficient (Wildman–Crippen LogP) is 4.66. The predicted molar refractivity (Wildman–Crippen MR) is 140 cm³/mol. The maximum atomic E-state index is 13.4. The van der Waals surface area contributed by atoms with E-state index in [9.17, 15) is 14.0 Å². The zero-order valence-corrected chi connectivity index (χ0v) is 21.5. The molecule has 0 radical (unpaired) electrons. The fourth-order valence-electron chi connectivity index (χ4n) is 5.08. The van der Waals surface area contributed by atoms with Crippen LogP contribution in [0.4, 0.5) is 9.18 Å². The summed E-state index contributed by atoms with van der Waals surface area (Å²) in [4.78, 5) is 32.4. The summed E-state index contributed by atoms with van der Waals surface area (Å²) in [6.07, 6.45) is 5.93. The zero-order chi connectivity index (χ0) is 25.7. The van der Waals surface area contributed by atoms with Crippen LogP contribution in [0.5, 0.6) is 5.75 Å². The van der Waals surface area contributed by atoms with Crippen LogP contribution in [-0.4, -0.2) is 66.5 Å². The lowest BCUT2D eigenvalue weighted by Gasteiger charge is -2.30. The minimum absolute atomic E-state index is 0.0252. The lowest BCUT2D eigenvalue weighted by atomic mass is 9.86. The van der Waals surface area contributed by atoms with Crippen molar-refractivity contribution in [2.24, 2.45) is 28.5 Å². The Balaban J connectivity index is 1.21. The van der Waals surface area contributed by atoms with Gasteiger partial charge in [-0.3, -0.25) is 4.79 Å². The first kappa shape index (κ1) is 26.2. The fourth-order valence-corrected chi connectivity index (χ4v) is 5.08. The molecule has 0 bridgehead atoms. The van der Waals surface area contributed by atoms with Crippen LogP contribution < -0.4 is 10.5 Å². The van der Waals surface area contributed by atoms with Crippen molar-refractivity contribution >= 4 is 23.3 Å². The number of aliphatic imine (C=N–C) groups is 1. The molecule has 36 heavy (non-hydrogen) atoms. The highest BCUT2D eigenvalue weighted by Gasteiger charge is 2.31. The Morgan fingerprint density at radius 2 is 1.78 bits per heavy atom. The van der Waals surface area contributed by atoms with Gasteiger partial charge in [0.15, 0.2) is 0 Å².